The fourth-order valence-corrected chi connectivity index (χ4v) is 1.27. The highest BCUT2D eigenvalue weighted by Crippen LogP contribution is 2.38. The number of phenolic OH excluding ortho intramolecular Hbond substituents is 2. The van der Waals surface area contributed by atoms with Crippen molar-refractivity contribution in [2.24, 2.45) is 0 Å². The molecule has 0 aliphatic heterocycles. The van der Waals surface area contributed by atoms with E-state index in [9.17, 15) is 10.2 Å². The van der Waals surface area contributed by atoms with Crippen molar-refractivity contribution in [3.05, 3.63) is 23.8 Å². The maximum absolute atomic E-state index is 9.61. The number of hydrogen-bond donors (Lipinski definition) is 2. The molecular formula is C11H16O2. The first-order chi connectivity index (χ1) is 5.99. The molecule has 1 aromatic carbocycles. The molecule has 0 fully saturated rings. The summed E-state index contributed by atoms with van der Waals surface area (Å²) in [4.78, 5) is 0. The van der Waals surface area contributed by atoms with Crippen molar-refractivity contribution in [1.29, 1.82) is 0 Å². The Morgan fingerprint density at radius 2 is 1.85 bits per heavy atom. The lowest BCUT2D eigenvalue weighted by molar-refractivity contribution is 0.382. The number of phenols is 2. The Morgan fingerprint density at radius 1 is 1.23 bits per heavy atom. The maximum Gasteiger partial charge on any atom is 0.161 e. The number of rotatable bonds is 2. The van der Waals surface area contributed by atoms with Crippen LogP contribution < -0.4 is 0 Å². The van der Waals surface area contributed by atoms with Crippen LogP contribution in [-0.2, 0) is 5.41 Å². The summed E-state index contributed by atoms with van der Waals surface area (Å²) in [6, 6.07) is 5.09. The first kappa shape index (κ1) is 9.90. The van der Waals surface area contributed by atoms with Gasteiger partial charge in [0.05, 0.1) is 0 Å². The molecule has 0 saturated carbocycles. The maximum atomic E-state index is 9.61. The average Bonchev–Trinajstić information content (AvgIpc) is 2.09. The quantitative estimate of drug-likeness (QED) is 0.687. The molecule has 0 saturated heterocycles. The molecule has 0 aliphatic rings. The predicted molar refractivity (Wildman–Crippen MR) is 53.1 cm³/mol. The highest BCUT2D eigenvalue weighted by Gasteiger charge is 2.22. The van der Waals surface area contributed by atoms with Crippen molar-refractivity contribution >= 4 is 0 Å². The zero-order valence-corrected chi connectivity index (χ0v) is 8.33. The second-order valence-electron chi connectivity index (χ2n) is 3.91. The lowest BCUT2D eigenvalue weighted by atomic mass is 9.81. The van der Waals surface area contributed by atoms with Gasteiger partial charge in [0, 0.05) is 5.56 Å². The first-order valence-electron chi connectivity index (χ1n) is 4.50. The SMILES string of the molecule is CCC(C)(C)c1cccc(O)c1O. The Bertz CT molecular complexity index is 303. The van der Waals surface area contributed by atoms with E-state index < -0.39 is 0 Å². The van der Waals surface area contributed by atoms with E-state index in [1.54, 1.807) is 6.07 Å². The summed E-state index contributed by atoms with van der Waals surface area (Å²) in [5.41, 5.74) is 0.707. The van der Waals surface area contributed by atoms with Crippen LogP contribution in [0.3, 0.4) is 0 Å². The lowest BCUT2D eigenvalue weighted by Crippen LogP contribution is -2.15. The minimum atomic E-state index is -0.0944. The first-order valence-corrected chi connectivity index (χ1v) is 4.50. The largest absolute Gasteiger partial charge is 0.504 e. The van der Waals surface area contributed by atoms with Gasteiger partial charge in [0.25, 0.3) is 0 Å². The molecule has 0 spiro atoms. The Morgan fingerprint density at radius 3 is 2.38 bits per heavy atom. The fourth-order valence-electron chi connectivity index (χ4n) is 1.27. The van der Waals surface area contributed by atoms with Crippen molar-refractivity contribution in [2.75, 3.05) is 0 Å². The molecule has 0 aromatic heterocycles. The van der Waals surface area contributed by atoms with E-state index in [4.69, 9.17) is 0 Å². The van der Waals surface area contributed by atoms with E-state index in [0.717, 1.165) is 12.0 Å². The summed E-state index contributed by atoms with van der Waals surface area (Å²) in [6.45, 7) is 6.15. The van der Waals surface area contributed by atoms with Crippen LogP contribution in [0.5, 0.6) is 11.5 Å². The zero-order valence-electron chi connectivity index (χ0n) is 8.33. The second kappa shape index (κ2) is 3.29. The van der Waals surface area contributed by atoms with Crippen LogP contribution in [0.4, 0.5) is 0 Å². The highest BCUT2D eigenvalue weighted by molar-refractivity contribution is 5.47. The molecule has 0 unspecified atom stereocenters. The van der Waals surface area contributed by atoms with Gasteiger partial charge in [0.2, 0.25) is 0 Å². The summed E-state index contributed by atoms with van der Waals surface area (Å²) >= 11 is 0. The van der Waals surface area contributed by atoms with Gasteiger partial charge in [-0.05, 0) is 17.9 Å². The van der Waals surface area contributed by atoms with Crippen molar-refractivity contribution in [3.63, 3.8) is 0 Å². The molecule has 0 heterocycles. The zero-order chi connectivity index (χ0) is 10.1. The van der Waals surface area contributed by atoms with Crippen LogP contribution in [0, 0.1) is 0 Å². The Balaban J connectivity index is 3.22. The van der Waals surface area contributed by atoms with Crippen molar-refractivity contribution in [2.45, 2.75) is 32.6 Å². The third-order valence-corrected chi connectivity index (χ3v) is 2.63. The molecule has 0 radical (unpaired) electrons. The lowest BCUT2D eigenvalue weighted by Gasteiger charge is -2.24. The minimum absolute atomic E-state index is 0.00866. The summed E-state index contributed by atoms with van der Waals surface area (Å²) < 4.78 is 0. The van der Waals surface area contributed by atoms with Gasteiger partial charge in [-0.15, -0.1) is 0 Å². The Hall–Kier alpha value is -1.18. The van der Waals surface area contributed by atoms with Gasteiger partial charge in [0.1, 0.15) is 0 Å². The molecule has 2 N–H and O–H groups in total. The molecule has 0 atom stereocenters. The van der Waals surface area contributed by atoms with Gasteiger partial charge in [-0.1, -0.05) is 32.9 Å². The number of hydrogen-bond acceptors (Lipinski definition) is 2. The normalized spacial score (nSPS) is 11.6. The van der Waals surface area contributed by atoms with Crippen LogP contribution in [0.25, 0.3) is 0 Å². The highest BCUT2D eigenvalue weighted by atomic mass is 16.3. The molecule has 0 aliphatic carbocycles. The van der Waals surface area contributed by atoms with Gasteiger partial charge in [-0.25, -0.2) is 0 Å². The summed E-state index contributed by atoms with van der Waals surface area (Å²) in [5, 5.41) is 18.9. The average molecular weight is 180 g/mol. The van der Waals surface area contributed by atoms with Crippen LogP contribution in [0.15, 0.2) is 18.2 Å². The van der Waals surface area contributed by atoms with Crippen LogP contribution in [-0.4, -0.2) is 10.2 Å². The summed E-state index contributed by atoms with van der Waals surface area (Å²) in [6.07, 6.45) is 0.921. The Kier molecular flexibility index (Phi) is 2.50. The van der Waals surface area contributed by atoms with Crippen molar-refractivity contribution in [1.82, 2.24) is 0 Å². The molecule has 72 valence electrons. The van der Waals surface area contributed by atoms with E-state index in [2.05, 4.69) is 6.92 Å². The van der Waals surface area contributed by atoms with E-state index >= 15 is 0 Å². The van der Waals surface area contributed by atoms with E-state index in [-0.39, 0.29) is 16.9 Å². The standard InChI is InChI=1S/C11H16O2/c1-4-11(2,3)8-6-5-7-9(12)10(8)13/h5-7,12-13H,4H2,1-3H3. The second-order valence-corrected chi connectivity index (χ2v) is 3.91. The molecule has 1 aromatic rings. The molecule has 2 heteroatoms. The molecular weight excluding hydrogens is 164 g/mol. The summed E-state index contributed by atoms with van der Waals surface area (Å²) in [7, 11) is 0. The van der Waals surface area contributed by atoms with Crippen molar-refractivity contribution in [3.8, 4) is 11.5 Å². The summed E-state index contributed by atoms with van der Waals surface area (Å²) in [5.74, 6) is -0.0339. The van der Waals surface area contributed by atoms with Crippen molar-refractivity contribution < 1.29 is 10.2 Å². The van der Waals surface area contributed by atoms with E-state index in [0.29, 0.717) is 0 Å². The molecule has 13 heavy (non-hydrogen) atoms. The molecule has 0 amide bonds. The number of para-hydroxylation sites is 1. The van der Waals surface area contributed by atoms with E-state index in [1.807, 2.05) is 19.9 Å². The fraction of sp³-hybridized carbons (Fsp3) is 0.455. The number of aromatic hydroxyl groups is 2. The number of benzene rings is 1. The topological polar surface area (TPSA) is 40.5 Å². The van der Waals surface area contributed by atoms with Crippen LogP contribution in [0.1, 0.15) is 32.8 Å². The minimum Gasteiger partial charge on any atom is -0.504 e. The van der Waals surface area contributed by atoms with E-state index in [1.165, 1.54) is 6.07 Å². The van der Waals surface area contributed by atoms with Gasteiger partial charge in [0.15, 0.2) is 11.5 Å². The van der Waals surface area contributed by atoms with Gasteiger partial charge < -0.3 is 10.2 Å². The van der Waals surface area contributed by atoms with Crippen LogP contribution in [0.2, 0.25) is 0 Å². The van der Waals surface area contributed by atoms with Gasteiger partial charge in [-0.3, -0.25) is 0 Å². The monoisotopic (exact) mass is 180 g/mol. The Labute approximate surface area is 78.8 Å². The van der Waals surface area contributed by atoms with Crippen LogP contribution >= 0.6 is 0 Å². The van der Waals surface area contributed by atoms with Gasteiger partial charge >= 0.3 is 0 Å². The molecule has 0 bridgehead atoms. The smallest absolute Gasteiger partial charge is 0.161 e. The third kappa shape index (κ3) is 1.77. The third-order valence-electron chi connectivity index (χ3n) is 2.63. The predicted octanol–water partition coefficient (Wildman–Crippen LogP) is 2.79. The van der Waals surface area contributed by atoms with Gasteiger partial charge in [-0.2, -0.15) is 0 Å². The molecule has 2 nitrogen and oxygen atoms in total. The molecule has 1 rings (SSSR count).